The van der Waals surface area contributed by atoms with Gasteiger partial charge in [-0.05, 0) is 43.9 Å². The van der Waals surface area contributed by atoms with Crippen LogP contribution in [-0.2, 0) is 6.42 Å². The van der Waals surface area contributed by atoms with Gasteiger partial charge in [-0.3, -0.25) is 0 Å². The van der Waals surface area contributed by atoms with Crippen molar-refractivity contribution in [1.82, 2.24) is 0 Å². The smallest absolute Gasteiger partial charge is 0.161 e. The van der Waals surface area contributed by atoms with Gasteiger partial charge >= 0.3 is 0 Å². The standard InChI is InChI=1S/C15H22O2/c1-5-7-12(3)10-13-8-9-14(17-6-2)15(11-13)16-4/h5,7-9,11-12H,6,10H2,1-4H3/b7-5-. The molecule has 2 nitrogen and oxygen atoms in total. The predicted octanol–water partition coefficient (Wildman–Crippen LogP) is 3.85. The third kappa shape index (κ3) is 4.14. The van der Waals surface area contributed by atoms with Gasteiger partial charge in [-0.15, -0.1) is 0 Å². The summed E-state index contributed by atoms with van der Waals surface area (Å²) < 4.78 is 10.8. The Hall–Kier alpha value is -1.44. The molecular formula is C15H22O2. The first-order valence-corrected chi connectivity index (χ1v) is 6.13. The van der Waals surface area contributed by atoms with E-state index in [-0.39, 0.29) is 0 Å². The van der Waals surface area contributed by atoms with E-state index in [4.69, 9.17) is 9.47 Å². The van der Waals surface area contributed by atoms with Gasteiger partial charge in [0.1, 0.15) is 0 Å². The summed E-state index contributed by atoms with van der Waals surface area (Å²) in [5.41, 5.74) is 1.27. The molecule has 2 heteroatoms. The van der Waals surface area contributed by atoms with E-state index in [0.29, 0.717) is 12.5 Å². The third-order valence-corrected chi connectivity index (χ3v) is 2.61. The Morgan fingerprint density at radius 3 is 2.65 bits per heavy atom. The van der Waals surface area contributed by atoms with Crippen LogP contribution in [0.15, 0.2) is 30.4 Å². The molecule has 0 spiro atoms. The van der Waals surface area contributed by atoms with E-state index in [0.717, 1.165) is 17.9 Å². The second-order valence-electron chi connectivity index (χ2n) is 4.13. The normalized spacial score (nSPS) is 12.7. The highest BCUT2D eigenvalue weighted by Gasteiger charge is 2.06. The van der Waals surface area contributed by atoms with Crippen molar-refractivity contribution in [2.24, 2.45) is 5.92 Å². The van der Waals surface area contributed by atoms with Crippen LogP contribution >= 0.6 is 0 Å². The zero-order valence-corrected chi connectivity index (χ0v) is 11.2. The lowest BCUT2D eigenvalue weighted by atomic mass is 10.0. The molecule has 1 aromatic carbocycles. The maximum Gasteiger partial charge on any atom is 0.161 e. The van der Waals surface area contributed by atoms with Gasteiger partial charge < -0.3 is 9.47 Å². The minimum atomic E-state index is 0.544. The van der Waals surface area contributed by atoms with Crippen molar-refractivity contribution in [2.45, 2.75) is 27.2 Å². The average Bonchev–Trinajstić information content (AvgIpc) is 2.31. The maximum atomic E-state index is 5.50. The summed E-state index contributed by atoms with van der Waals surface area (Å²) in [7, 11) is 1.68. The molecule has 0 heterocycles. The predicted molar refractivity (Wildman–Crippen MR) is 71.8 cm³/mol. The molecule has 0 aliphatic carbocycles. The van der Waals surface area contributed by atoms with Crippen molar-refractivity contribution in [1.29, 1.82) is 0 Å². The van der Waals surface area contributed by atoms with Gasteiger partial charge in [0, 0.05) is 0 Å². The highest BCUT2D eigenvalue weighted by atomic mass is 16.5. The molecule has 0 aliphatic heterocycles. The molecule has 0 N–H and O–H groups in total. The first kappa shape index (κ1) is 13.6. The molecular weight excluding hydrogens is 212 g/mol. The van der Waals surface area contributed by atoms with E-state index >= 15 is 0 Å². The van der Waals surface area contributed by atoms with Crippen LogP contribution in [-0.4, -0.2) is 13.7 Å². The fourth-order valence-corrected chi connectivity index (χ4v) is 1.88. The minimum absolute atomic E-state index is 0.544. The van der Waals surface area contributed by atoms with Crippen molar-refractivity contribution in [3.63, 3.8) is 0 Å². The lowest BCUT2D eigenvalue weighted by molar-refractivity contribution is 0.310. The van der Waals surface area contributed by atoms with E-state index in [1.165, 1.54) is 5.56 Å². The Morgan fingerprint density at radius 2 is 2.06 bits per heavy atom. The zero-order valence-electron chi connectivity index (χ0n) is 11.2. The monoisotopic (exact) mass is 234 g/mol. The maximum absolute atomic E-state index is 5.50. The van der Waals surface area contributed by atoms with Crippen LogP contribution in [0.1, 0.15) is 26.3 Å². The molecule has 0 saturated heterocycles. The summed E-state index contributed by atoms with van der Waals surface area (Å²) in [5, 5.41) is 0. The molecule has 17 heavy (non-hydrogen) atoms. The van der Waals surface area contributed by atoms with E-state index < -0.39 is 0 Å². The summed E-state index contributed by atoms with van der Waals surface area (Å²) >= 11 is 0. The van der Waals surface area contributed by atoms with Crippen LogP contribution in [0.3, 0.4) is 0 Å². The number of ether oxygens (including phenoxy) is 2. The van der Waals surface area contributed by atoms with Crippen molar-refractivity contribution in [3.8, 4) is 11.5 Å². The first-order chi connectivity index (χ1) is 8.21. The average molecular weight is 234 g/mol. The SMILES string of the molecule is C/C=C\C(C)Cc1ccc(OCC)c(OC)c1. The minimum Gasteiger partial charge on any atom is -0.493 e. The second kappa shape index (κ2) is 7.00. The first-order valence-electron chi connectivity index (χ1n) is 6.13. The van der Waals surface area contributed by atoms with Gasteiger partial charge in [0.2, 0.25) is 0 Å². The summed E-state index contributed by atoms with van der Waals surface area (Å²) in [4.78, 5) is 0. The van der Waals surface area contributed by atoms with Crippen LogP contribution in [0, 0.1) is 5.92 Å². The van der Waals surface area contributed by atoms with Gasteiger partial charge in [0.25, 0.3) is 0 Å². The van der Waals surface area contributed by atoms with Gasteiger partial charge in [-0.2, -0.15) is 0 Å². The molecule has 1 rings (SSSR count). The van der Waals surface area contributed by atoms with Crippen molar-refractivity contribution >= 4 is 0 Å². The molecule has 0 saturated carbocycles. The molecule has 94 valence electrons. The van der Waals surface area contributed by atoms with E-state index in [1.54, 1.807) is 7.11 Å². The summed E-state index contributed by atoms with van der Waals surface area (Å²) in [6, 6.07) is 6.15. The van der Waals surface area contributed by atoms with E-state index in [9.17, 15) is 0 Å². The van der Waals surface area contributed by atoms with Crippen LogP contribution in [0.5, 0.6) is 11.5 Å². The number of benzene rings is 1. The third-order valence-electron chi connectivity index (χ3n) is 2.61. The molecule has 1 atom stereocenters. The van der Waals surface area contributed by atoms with Crippen LogP contribution in [0.2, 0.25) is 0 Å². The van der Waals surface area contributed by atoms with E-state index in [2.05, 4.69) is 38.1 Å². The van der Waals surface area contributed by atoms with Gasteiger partial charge in [0.15, 0.2) is 11.5 Å². The van der Waals surface area contributed by atoms with Gasteiger partial charge in [-0.1, -0.05) is 25.1 Å². The number of allylic oxidation sites excluding steroid dienone is 2. The number of hydrogen-bond donors (Lipinski definition) is 0. The van der Waals surface area contributed by atoms with E-state index in [1.807, 2.05) is 13.0 Å². The molecule has 0 aliphatic rings. The Balaban J connectivity index is 2.81. The highest BCUT2D eigenvalue weighted by Crippen LogP contribution is 2.29. The van der Waals surface area contributed by atoms with Crippen LogP contribution in [0.25, 0.3) is 0 Å². The molecule has 0 amide bonds. The number of rotatable bonds is 6. The lowest BCUT2D eigenvalue weighted by Crippen LogP contribution is -1.99. The quantitative estimate of drug-likeness (QED) is 0.696. The molecule has 0 radical (unpaired) electrons. The largest absolute Gasteiger partial charge is 0.493 e. The molecule has 0 bridgehead atoms. The molecule has 1 unspecified atom stereocenters. The van der Waals surface area contributed by atoms with Crippen molar-refractivity contribution in [2.75, 3.05) is 13.7 Å². The molecule has 1 aromatic rings. The summed E-state index contributed by atoms with van der Waals surface area (Å²) in [5.74, 6) is 2.18. The lowest BCUT2D eigenvalue weighted by Gasteiger charge is -2.12. The Morgan fingerprint density at radius 1 is 1.29 bits per heavy atom. The summed E-state index contributed by atoms with van der Waals surface area (Å²) in [6.45, 7) is 6.89. The van der Waals surface area contributed by atoms with Crippen LogP contribution < -0.4 is 9.47 Å². The Labute approximate surface area is 104 Å². The number of hydrogen-bond acceptors (Lipinski definition) is 2. The fraction of sp³-hybridized carbons (Fsp3) is 0.467. The fourth-order valence-electron chi connectivity index (χ4n) is 1.88. The second-order valence-corrected chi connectivity index (χ2v) is 4.13. The van der Waals surface area contributed by atoms with Crippen molar-refractivity contribution < 1.29 is 9.47 Å². The van der Waals surface area contributed by atoms with Gasteiger partial charge in [-0.25, -0.2) is 0 Å². The van der Waals surface area contributed by atoms with Crippen LogP contribution in [0.4, 0.5) is 0 Å². The number of methoxy groups -OCH3 is 1. The Kier molecular flexibility index (Phi) is 5.61. The highest BCUT2D eigenvalue weighted by molar-refractivity contribution is 5.43. The van der Waals surface area contributed by atoms with Gasteiger partial charge in [0.05, 0.1) is 13.7 Å². The topological polar surface area (TPSA) is 18.5 Å². The molecule has 0 fully saturated rings. The molecule has 0 aromatic heterocycles. The Bertz CT molecular complexity index is 369. The zero-order chi connectivity index (χ0) is 12.7. The van der Waals surface area contributed by atoms with Crippen molar-refractivity contribution in [3.05, 3.63) is 35.9 Å². The summed E-state index contributed by atoms with van der Waals surface area (Å²) in [6.07, 6.45) is 5.33.